The quantitative estimate of drug-likeness (QED) is 0.625. The summed E-state index contributed by atoms with van der Waals surface area (Å²) < 4.78 is 1.91. The number of anilines is 1. The summed E-state index contributed by atoms with van der Waals surface area (Å²) >= 11 is 2.76. The molecule has 1 N–H and O–H groups in total. The van der Waals surface area contributed by atoms with E-state index in [0.29, 0.717) is 10.3 Å². The van der Waals surface area contributed by atoms with Crippen LogP contribution in [-0.4, -0.2) is 36.6 Å². The number of carbonyl (C=O) groups is 1. The summed E-state index contributed by atoms with van der Waals surface area (Å²) in [6.45, 7) is 4.13. The lowest BCUT2D eigenvalue weighted by molar-refractivity contribution is -0.113. The summed E-state index contributed by atoms with van der Waals surface area (Å²) in [5.74, 6) is 0.900. The van der Waals surface area contributed by atoms with Crippen molar-refractivity contribution in [2.75, 3.05) is 11.1 Å². The smallest absolute Gasteiger partial charge is 0.236 e. The Labute approximate surface area is 160 Å². The Morgan fingerprint density at radius 1 is 1.23 bits per heavy atom. The Balaban J connectivity index is 1.61. The number of thioether (sulfide) groups is 1. The Bertz CT molecular complexity index is 904. The first-order valence-electron chi connectivity index (χ1n) is 8.29. The van der Waals surface area contributed by atoms with Gasteiger partial charge in [-0.2, -0.15) is 0 Å². The van der Waals surface area contributed by atoms with Gasteiger partial charge < -0.3 is 4.57 Å². The lowest BCUT2D eigenvalue weighted by atomic mass is 10.1. The minimum absolute atomic E-state index is 0.130. The molecule has 0 unspecified atom stereocenters. The molecule has 3 rings (SSSR count). The fraction of sp³-hybridized carbons (Fsp3) is 0.353. The highest BCUT2D eigenvalue weighted by molar-refractivity contribution is 7.99. The van der Waals surface area contributed by atoms with Crippen LogP contribution in [0.25, 0.3) is 11.4 Å². The zero-order chi connectivity index (χ0) is 18.5. The van der Waals surface area contributed by atoms with Crippen LogP contribution in [0.4, 0.5) is 5.13 Å². The Hall–Kier alpha value is -2.26. The third-order valence-corrected chi connectivity index (χ3v) is 5.65. The fourth-order valence-corrected chi connectivity index (χ4v) is 3.97. The predicted molar refractivity (Wildman–Crippen MR) is 104 cm³/mol. The molecule has 3 aromatic rings. The highest BCUT2D eigenvalue weighted by Crippen LogP contribution is 2.25. The normalized spacial score (nSPS) is 10.9. The molecule has 0 atom stereocenters. The minimum atomic E-state index is -0.130. The predicted octanol–water partition coefficient (Wildman–Crippen LogP) is 3.33. The van der Waals surface area contributed by atoms with Gasteiger partial charge in [-0.25, -0.2) is 0 Å². The molecule has 1 aromatic carbocycles. The summed E-state index contributed by atoms with van der Waals surface area (Å²) in [6.07, 6.45) is 1.89. The van der Waals surface area contributed by atoms with Crippen molar-refractivity contribution in [3.8, 4) is 11.4 Å². The van der Waals surface area contributed by atoms with Crippen molar-refractivity contribution in [2.24, 2.45) is 7.05 Å². The molecule has 2 heterocycles. The first-order valence-corrected chi connectivity index (χ1v) is 10.1. The van der Waals surface area contributed by atoms with E-state index < -0.39 is 0 Å². The third-order valence-electron chi connectivity index (χ3n) is 3.73. The lowest BCUT2D eigenvalue weighted by Gasteiger charge is -2.06. The van der Waals surface area contributed by atoms with E-state index in [9.17, 15) is 4.79 Å². The van der Waals surface area contributed by atoms with Gasteiger partial charge in [0.05, 0.1) is 5.75 Å². The number of carbonyl (C=O) groups excluding carboxylic acids is 1. The van der Waals surface area contributed by atoms with Crippen LogP contribution in [0.5, 0.6) is 0 Å². The molecule has 1 amide bonds. The standard InChI is InChI=1S/C17H20N6OS2/c1-4-7-14-19-21-16(26-14)18-13(24)10-25-17-22-20-15(23(17)3)12-9-6-5-8-11(12)2/h5-6,8-9H,4,7,10H2,1-3H3,(H,18,21,24). The number of nitrogens with one attached hydrogen (secondary N) is 1. The maximum Gasteiger partial charge on any atom is 0.236 e. The summed E-state index contributed by atoms with van der Waals surface area (Å²) in [4.78, 5) is 12.1. The first kappa shape index (κ1) is 18.5. The third kappa shape index (κ3) is 4.28. The van der Waals surface area contributed by atoms with E-state index in [2.05, 4.69) is 32.6 Å². The van der Waals surface area contributed by atoms with Crippen molar-refractivity contribution in [1.29, 1.82) is 0 Å². The average Bonchev–Trinajstić information content (AvgIpc) is 3.21. The molecule has 0 saturated heterocycles. The Morgan fingerprint density at radius 3 is 2.81 bits per heavy atom. The fourth-order valence-electron chi connectivity index (χ4n) is 2.40. The molecule has 9 heteroatoms. The van der Waals surface area contributed by atoms with E-state index in [-0.39, 0.29) is 11.7 Å². The van der Waals surface area contributed by atoms with Crippen molar-refractivity contribution in [3.63, 3.8) is 0 Å². The van der Waals surface area contributed by atoms with E-state index >= 15 is 0 Å². The van der Waals surface area contributed by atoms with Crippen molar-refractivity contribution < 1.29 is 4.79 Å². The minimum Gasteiger partial charge on any atom is -0.305 e. The Kier molecular flexibility index (Phi) is 6.00. The van der Waals surface area contributed by atoms with Gasteiger partial charge in [-0.15, -0.1) is 20.4 Å². The summed E-state index contributed by atoms with van der Waals surface area (Å²) in [5, 5.41) is 21.5. The molecule has 7 nitrogen and oxygen atoms in total. The molecule has 2 aromatic heterocycles. The van der Waals surface area contributed by atoms with Gasteiger partial charge in [0.2, 0.25) is 11.0 Å². The van der Waals surface area contributed by atoms with E-state index in [1.807, 2.05) is 42.8 Å². The molecule has 136 valence electrons. The number of amides is 1. The molecule has 0 bridgehead atoms. The highest BCUT2D eigenvalue weighted by atomic mass is 32.2. The van der Waals surface area contributed by atoms with Gasteiger partial charge in [0.1, 0.15) is 5.01 Å². The van der Waals surface area contributed by atoms with Crippen LogP contribution in [-0.2, 0) is 18.3 Å². The molecule has 26 heavy (non-hydrogen) atoms. The van der Waals surface area contributed by atoms with Crippen molar-refractivity contribution in [1.82, 2.24) is 25.0 Å². The number of hydrogen-bond donors (Lipinski definition) is 1. The van der Waals surface area contributed by atoms with Crippen molar-refractivity contribution in [3.05, 3.63) is 34.8 Å². The number of hydrogen-bond acceptors (Lipinski definition) is 7. The topological polar surface area (TPSA) is 85.6 Å². The molecule has 0 radical (unpaired) electrons. The van der Waals surface area contributed by atoms with Gasteiger partial charge in [-0.1, -0.05) is 54.3 Å². The van der Waals surface area contributed by atoms with Gasteiger partial charge in [0.25, 0.3) is 0 Å². The Morgan fingerprint density at radius 2 is 2.04 bits per heavy atom. The molecule has 0 spiro atoms. The van der Waals surface area contributed by atoms with Crippen molar-refractivity contribution >= 4 is 34.1 Å². The molecular weight excluding hydrogens is 368 g/mol. The zero-order valence-electron chi connectivity index (χ0n) is 14.9. The first-order chi connectivity index (χ1) is 12.6. The van der Waals surface area contributed by atoms with E-state index in [4.69, 9.17) is 0 Å². The molecular formula is C17H20N6OS2. The average molecular weight is 389 g/mol. The van der Waals surface area contributed by atoms with Crippen LogP contribution in [0, 0.1) is 6.92 Å². The maximum atomic E-state index is 12.1. The second-order valence-electron chi connectivity index (χ2n) is 5.77. The maximum absolute atomic E-state index is 12.1. The van der Waals surface area contributed by atoms with Gasteiger partial charge in [0.15, 0.2) is 11.0 Å². The molecule has 0 aliphatic heterocycles. The second-order valence-corrected chi connectivity index (χ2v) is 7.77. The van der Waals surface area contributed by atoms with E-state index in [1.54, 1.807) is 0 Å². The second kappa shape index (κ2) is 8.41. The van der Waals surface area contributed by atoms with Crippen LogP contribution < -0.4 is 5.32 Å². The summed E-state index contributed by atoms with van der Waals surface area (Å²) in [7, 11) is 1.91. The van der Waals surface area contributed by atoms with Crippen LogP contribution in [0.15, 0.2) is 29.4 Å². The number of nitrogens with zero attached hydrogens (tertiary/aromatic N) is 5. The monoisotopic (exact) mass is 388 g/mol. The lowest BCUT2D eigenvalue weighted by Crippen LogP contribution is -2.14. The number of aryl methyl sites for hydroxylation is 2. The number of rotatable bonds is 7. The zero-order valence-corrected chi connectivity index (χ0v) is 16.5. The van der Waals surface area contributed by atoms with Crippen molar-refractivity contribution in [2.45, 2.75) is 31.8 Å². The van der Waals surface area contributed by atoms with Gasteiger partial charge in [0, 0.05) is 19.0 Å². The summed E-state index contributed by atoms with van der Waals surface area (Å²) in [6, 6.07) is 8.03. The summed E-state index contributed by atoms with van der Waals surface area (Å²) in [5.41, 5.74) is 2.17. The van der Waals surface area contributed by atoms with Gasteiger partial charge in [-0.05, 0) is 18.9 Å². The molecule has 0 aliphatic rings. The van der Waals surface area contributed by atoms with Crippen LogP contribution in [0.1, 0.15) is 23.9 Å². The highest BCUT2D eigenvalue weighted by Gasteiger charge is 2.15. The molecule has 0 fully saturated rings. The number of benzene rings is 1. The largest absolute Gasteiger partial charge is 0.305 e. The van der Waals surface area contributed by atoms with Crippen LogP contribution in [0.3, 0.4) is 0 Å². The van der Waals surface area contributed by atoms with E-state index in [1.165, 1.54) is 23.1 Å². The molecule has 0 saturated carbocycles. The van der Waals surface area contributed by atoms with Gasteiger partial charge >= 0.3 is 0 Å². The van der Waals surface area contributed by atoms with Crippen LogP contribution >= 0.6 is 23.1 Å². The SMILES string of the molecule is CCCc1nnc(NC(=O)CSc2nnc(-c3ccccc3C)n2C)s1. The van der Waals surface area contributed by atoms with Crippen LogP contribution in [0.2, 0.25) is 0 Å². The number of aromatic nitrogens is 5. The molecule has 0 aliphatic carbocycles. The van der Waals surface area contributed by atoms with Gasteiger partial charge in [-0.3, -0.25) is 10.1 Å². The van der Waals surface area contributed by atoms with E-state index in [0.717, 1.165) is 34.8 Å².